The smallest absolute Gasteiger partial charge is 0.275 e. The average Bonchev–Trinajstić information content (AvgIpc) is 2.53. The van der Waals surface area contributed by atoms with Crippen molar-refractivity contribution in [2.24, 2.45) is 0 Å². The van der Waals surface area contributed by atoms with E-state index < -0.39 is 15.8 Å². The van der Waals surface area contributed by atoms with Crippen LogP contribution >= 0.6 is 0 Å². The first-order valence-electron chi connectivity index (χ1n) is 7.23. The zero-order valence-corrected chi connectivity index (χ0v) is 13.4. The molecule has 23 heavy (non-hydrogen) atoms. The highest BCUT2D eigenvalue weighted by Gasteiger charge is 2.32. The number of terminal acetylenes is 1. The number of rotatable bonds is 5. The van der Waals surface area contributed by atoms with Gasteiger partial charge in [-0.3, -0.25) is 4.79 Å². The van der Waals surface area contributed by atoms with E-state index in [-0.39, 0.29) is 37.0 Å². The molecule has 0 aliphatic carbocycles. The van der Waals surface area contributed by atoms with Gasteiger partial charge < -0.3 is 10.2 Å². The number of carbonyl (C=O) groups excluding carboxylic acids is 1. The third kappa shape index (κ3) is 4.28. The summed E-state index contributed by atoms with van der Waals surface area (Å²) in [6.07, 6.45) is 5.07. The predicted octanol–water partition coefficient (Wildman–Crippen LogP) is -1.54. The molecule has 1 amide bonds. The van der Waals surface area contributed by atoms with Crippen LogP contribution in [0, 0.1) is 18.2 Å². The maximum atomic E-state index is 13.7. The van der Waals surface area contributed by atoms with Crippen molar-refractivity contribution in [2.45, 2.75) is 4.90 Å². The molecule has 1 aromatic rings. The van der Waals surface area contributed by atoms with E-state index in [1.165, 1.54) is 22.5 Å². The minimum absolute atomic E-state index is 0.164. The van der Waals surface area contributed by atoms with Crippen LogP contribution < -0.4 is 10.2 Å². The molecule has 0 saturated carbocycles. The highest BCUT2D eigenvalue weighted by atomic mass is 32.2. The summed E-state index contributed by atoms with van der Waals surface area (Å²) in [4.78, 5) is 12.3. The Kier molecular flexibility index (Phi) is 5.71. The first-order chi connectivity index (χ1) is 10.9. The molecule has 1 aliphatic rings. The average molecular weight is 340 g/mol. The maximum Gasteiger partial charge on any atom is 0.275 e. The van der Waals surface area contributed by atoms with Crippen LogP contribution in [-0.4, -0.2) is 57.9 Å². The van der Waals surface area contributed by atoms with Crippen molar-refractivity contribution in [3.63, 3.8) is 0 Å². The third-order valence-electron chi connectivity index (χ3n) is 3.68. The van der Waals surface area contributed by atoms with Crippen LogP contribution in [0.5, 0.6) is 0 Å². The fraction of sp³-hybridized carbons (Fsp3) is 0.400. The van der Waals surface area contributed by atoms with Gasteiger partial charge in [0.2, 0.25) is 10.0 Å². The van der Waals surface area contributed by atoms with E-state index in [4.69, 9.17) is 6.42 Å². The summed E-state index contributed by atoms with van der Waals surface area (Å²) in [5.41, 5.74) is 0. The number of hydrogen-bond acceptors (Lipinski definition) is 3. The van der Waals surface area contributed by atoms with Gasteiger partial charge in [0.05, 0.1) is 32.7 Å². The van der Waals surface area contributed by atoms with Crippen molar-refractivity contribution < 1.29 is 22.5 Å². The highest BCUT2D eigenvalue weighted by molar-refractivity contribution is 7.89. The fourth-order valence-corrected chi connectivity index (χ4v) is 3.96. The lowest BCUT2D eigenvalue weighted by Gasteiger charge is -2.31. The molecule has 0 atom stereocenters. The Morgan fingerprint density at radius 3 is 2.61 bits per heavy atom. The van der Waals surface area contributed by atoms with Gasteiger partial charge >= 0.3 is 0 Å². The number of sulfonamides is 1. The normalized spacial score (nSPS) is 16.7. The van der Waals surface area contributed by atoms with Gasteiger partial charge in [0, 0.05) is 0 Å². The van der Waals surface area contributed by atoms with Crippen LogP contribution in [-0.2, 0) is 14.8 Å². The van der Waals surface area contributed by atoms with Crippen LogP contribution in [0.3, 0.4) is 0 Å². The predicted molar refractivity (Wildman–Crippen MR) is 82.6 cm³/mol. The Balaban J connectivity index is 1.95. The first kappa shape index (κ1) is 17.4. The lowest BCUT2D eigenvalue weighted by atomic mass is 10.3. The third-order valence-corrected chi connectivity index (χ3v) is 5.61. The van der Waals surface area contributed by atoms with Crippen LogP contribution in [0.1, 0.15) is 0 Å². The zero-order valence-electron chi connectivity index (χ0n) is 12.6. The summed E-state index contributed by atoms with van der Waals surface area (Å²) in [5.74, 6) is 1.40. The second-order valence-electron chi connectivity index (χ2n) is 5.24. The van der Waals surface area contributed by atoms with Crippen LogP contribution in [0.2, 0.25) is 0 Å². The largest absolute Gasteiger partial charge is 0.340 e. The molecule has 0 unspecified atom stereocenters. The number of piperazine rings is 1. The molecule has 8 heteroatoms. The van der Waals surface area contributed by atoms with E-state index in [2.05, 4.69) is 11.2 Å². The van der Waals surface area contributed by atoms with E-state index in [0.29, 0.717) is 13.1 Å². The topological polar surface area (TPSA) is 70.9 Å². The van der Waals surface area contributed by atoms with Gasteiger partial charge in [-0.2, -0.15) is 4.31 Å². The number of quaternary nitrogens is 1. The molecular weight excluding hydrogens is 321 g/mol. The lowest BCUT2D eigenvalue weighted by Crippen LogP contribution is -3.15. The lowest BCUT2D eigenvalue weighted by molar-refractivity contribution is -0.895. The quantitative estimate of drug-likeness (QED) is 0.639. The molecule has 0 spiro atoms. The number of carbonyl (C=O) groups is 1. The molecule has 2 rings (SSSR count). The maximum absolute atomic E-state index is 13.7. The van der Waals surface area contributed by atoms with Gasteiger partial charge in [-0.1, -0.05) is 18.1 Å². The Bertz CT molecular complexity index is 707. The Labute approximate surface area is 135 Å². The SMILES string of the molecule is C#CCNC(=O)C[NH+]1CCN(S(=O)(=O)c2ccccc2F)CC1. The van der Waals surface area contributed by atoms with Gasteiger partial charge in [0.15, 0.2) is 6.54 Å². The second-order valence-corrected chi connectivity index (χ2v) is 7.15. The monoisotopic (exact) mass is 340 g/mol. The van der Waals surface area contributed by atoms with Crippen molar-refractivity contribution >= 4 is 15.9 Å². The molecule has 0 aromatic heterocycles. The van der Waals surface area contributed by atoms with Gasteiger partial charge in [-0.15, -0.1) is 6.42 Å². The Morgan fingerprint density at radius 1 is 1.35 bits per heavy atom. The first-order valence-corrected chi connectivity index (χ1v) is 8.67. The summed E-state index contributed by atoms with van der Waals surface area (Å²) >= 11 is 0. The van der Waals surface area contributed by atoms with E-state index in [9.17, 15) is 17.6 Å². The number of nitrogens with zero attached hydrogens (tertiary/aromatic N) is 1. The van der Waals surface area contributed by atoms with Crippen molar-refractivity contribution in [3.8, 4) is 12.3 Å². The number of amides is 1. The molecule has 0 radical (unpaired) electrons. The van der Waals surface area contributed by atoms with Gasteiger partial charge in [-0.25, -0.2) is 12.8 Å². The highest BCUT2D eigenvalue weighted by Crippen LogP contribution is 2.18. The molecule has 2 N–H and O–H groups in total. The number of halogens is 1. The molecule has 1 saturated heterocycles. The number of nitrogens with one attached hydrogen (secondary N) is 2. The fourth-order valence-electron chi connectivity index (χ4n) is 2.45. The Hall–Kier alpha value is -1.95. The summed E-state index contributed by atoms with van der Waals surface area (Å²) in [6, 6.07) is 5.33. The summed E-state index contributed by atoms with van der Waals surface area (Å²) < 4.78 is 39.9. The molecule has 0 bridgehead atoms. The standard InChI is InChI=1S/C15H18FN3O3S/c1-2-7-17-15(20)12-18-8-10-19(11-9-18)23(21,22)14-6-4-3-5-13(14)16/h1,3-6H,7-12H2,(H,17,20)/p+1. The van der Waals surface area contributed by atoms with E-state index in [1.54, 1.807) is 0 Å². The van der Waals surface area contributed by atoms with E-state index in [0.717, 1.165) is 11.0 Å². The second kappa shape index (κ2) is 7.55. The van der Waals surface area contributed by atoms with Crippen molar-refractivity contribution in [2.75, 3.05) is 39.3 Å². The molecule has 1 heterocycles. The van der Waals surface area contributed by atoms with Crippen LogP contribution in [0.25, 0.3) is 0 Å². The number of hydrogen-bond donors (Lipinski definition) is 2. The van der Waals surface area contributed by atoms with Gasteiger partial charge in [-0.05, 0) is 12.1 Å². The molecule has 1 fully saturated rings. The summed E-state index contributed by atoms with van der Waals surface area (Å²) in [7, 11) is -3.84. The molecule has 6 nitrogen and oxygen atoms in total. The summed E-state index contributed by atoms with van der Waals surface area (Å²) in [6.45, 7) is 1.88. The Morgan fingerprint density at radius 2 is 2.00 bits per heavy atom. The number of benzene rings is 1. The van der Waals surface area contributed by atoms with Crippen LogP contribution in [0.15, 0.2) is 29.2 Å². The minimum Gasteiger partial charge on any atom is -0.340 e. The van der Waals surface area contributed by atoms with Crippen molar-refractivity contribution in [1.29, 1.82) is 0 Å². The summed E-state index contributed by atoms with van der Waals surface area (Å²) in [5, 5.41) is 2.58. The van der Waals surface area contributed by atoms with Crippen molar-refractivity contribution in [1.82, 2.24) is 9.62 Å². The molecule has 124 valence electrons. The zero-order chi connectivity index (χ0) is 16.9. The van der Waals surface area contributed by atoms with Crippen molar-refractivity contribution in [3.05, 3.63) is 30.1 Å². The van der Waals surface area contributed by atoms with Gasteiger partial charge in [0.25, 0.3) is 5.91 Å². The van der Waals surface area contributed by atoms with Gasteiger partial charge in [0.1, 0.15) is 10.7 Å². The van der Waals surface area contributed by atoms with Crippen LogP contribution in [0.4, 0.5) is 4.39 Å². The van der Waals surface area contributed by atoms with E-state index in [1.807, 2.05) is 0 Å². The molecular formula is C15H19FN3O3S+. The van der Waals surface area contributed by atoms with E-state index >= 15 is 0 Å². The minimum atomic E-state index is -3.84. The molecule has 1 aliphatic heterocycles. The molecule has 1 aromatic carbocycles.